The third kappa shape index (κ3) is 4.68. The highest BCUT2D eigenvalue weighted by Crippen LogP contribution is 2.29. The summed E-state index contributed by atoms with van der Waals surface area (Å²) in [6.45, 7) is 5.00. The first-order chi connectivity index (χ1) is 14.7. The van der Waals surface area contributed by atoms with Gasteiger partial charge in [0.25, 0.3) is 5.91 Å². The fourth-order valence-electron chi connectivity index (χ4n) is 3.69. The Morgan fingerprint density at radius 1 is 1.23 bits per heavy atom. The van der Waals surface area contributed by atoms with Crippen LogP contribution in [0.2, 0.25) is 0 Å². The molecule has 4 rings (SSSR count). The van der Waals surface area contributed by atoms with E-state index in [9.17, 15) is 17.6 Å². The summed E-state index contributed by atoms with van der Waals surface area (Å²) in [7, 11) is -3.67. The van der Waals surface area contributed by atoms with Gasteiger partial charge in [0, 0.05) is 24.0 Å². The van der Waals surface area contributed by atoms with Crippen LogP contribution in [-0.4, -0.2) is 41.9 Å². The van der Waals surface area contributed by atoms with Crippen LogP contribution in [0.4, 0.5) is 10.4 Å². The highest BCUT2D eigenvalue weighted by atomic mass is 32.2. The minimum atomic E-state index is -3.67. The number of amides is 1. The second-order valence-electron chi connectivity index (χ2n) is 7.79. The largest absolute Gasteiger partial charge is 0.403 e. The van der Waals surface area contributed by atoms with Crippen LogP contribution >= 0.6 is 11.3 Å². The van der Waals surface area contributed by atoms with E-state index in [4.69, 9.17) is 4.42 Å². The molecule has 0 aliphatic carbocycles. The minimum absolute atomic E-state index is 0.0533. The molecule has 1 fully saturated rings. The van der Waals surface area contributed by atoms with Gasteiger partial charge in [0.1, 0.15) is 5.82 Å². The first kappa shape index (κ1) is 21.6. The number of aromatic nitrogens is 2. The zero-order valence-corrected chi connectivity index (χ0v) is 18.5. The summed E-state index contributed by atoms with van der Waals surface area (Å²) in [5.74, 6) is -0.403. The van der Waals surface area contributed by atoms with E-state index in [0.717, 1.165) is 17.8 Å². The molecule has 0 spiro atoms. The highest BCUT2D eigenvalue weighted by molar-refractivity contribution is 7.89. The fourth-order valence-corrected chi connectivity index (χ4v) is 6.53. The van der Waals surface area contributed by atoms with Gasteiger partial charge in [-0.3, -0.25) is 10.1 Å². The summed E-state index contributed by atoms with van der Waals surface area (Å²) in [6, 6.07) is 6.81. The van der Waals surface area contributed by atoms with E-state index in [2.05, 4.69) is 15.5 Å². The number of thiophene rings is 1. The Morgan fingerprint density at radius 2 is 1.97 bits per heavy atom. The van der Waals surface area contributed by atoms with E-state index in [1.54, 1.807) is 6.07 Å². The van der Waals surface area contributed by atoms with Gasteiger partial charge in [-0.2, -0.15) is 4.31 Å². The maximum atomic E-state index is 13.4. The number of carbonyl (C=O) groups is 1. The van der Waals surface area contributed by atoms with Crippen LogP contribution in [0.1, 0.15) is 29.9 Å². The van der Waals surface area contributed by atoms with Crippen molar-refractivity contribution < 1.29 is 22.0 Å². The predicted molar refractivity (Wildman–Crippen MR) is 114 cm³/mol. The maximum Gasteiger partial charge on any atom is 0.322 e. The molecule has 1 amide bonds. The summed E-state index contributed by atoms with van der Waals surface area (Å²) in [4.78, 5) is 12.8. The molecule has 1 aliphatic heterocycles. The Bertz CT molecular complexity index is 1200. The van der Waals surface area contributed by atoms with Gasteiger partial charge < -0.3 is 4.42 Å². The second-order valence-corrected chi connectivity index (χ2v) is 10.6. The zero-order chi connectivity index (χ0) is 22.2. The third-order valence-electron chi connectivity index (χ3n) is 4.99. The number of hydrogen-bond donors (Lipinski definition) is 1. The fraction of sp³-hybridized carbons (Fsp3) is 0.350. The van der Waals surface area contributed by atoms with Crippen LogP contribution in [0, 0.1) is 17.7 Å². The third-order valence-corrected chi connectivity index (χ3v) is 7.88. The van der Waals surface area contributed by atoms with Crippen LogP contribution in [0.5, 0.6) is 0 Å². The number of halogens is 1. The van der Waals surface area contributed by atoms with E-state index >= 15 is 0 Å². The second kappa shape index (κ2) is 8.48. The Kier molecular flexibility index (Phi) is 5.91. The van der Waals surface area contributed by atoms with Gasteiger partial charge in [-0.05, 0) is 42.5 Å². The van der Waals surface area contributed by atoms with Gasteiger partial charge in [0.05, 0.1) is 9.77 Å². The highest BCUT2D eigenvalue weighted by Gasteiger charge is 2.32. The lowest BCUT2D eigenvalue weighted by molar-refractivity contribution is 0.102. The molecular weight excluding hydrogens is 443 g/mol. The van der Waals surface area contributed by atoms with Crippen molar-refractivity contribution in [3.8, 4) is 11.5 Å². The topological polar surface area (TPSA) is 105 Å². The minimum Gasteiger partial charge on any atom is -0.403 e. The molecule has 1 aliphatic rings. The number of rotatable bonds is 5. The van der Waals surface area contributed by atoms with Gasteiger partial charge in [-0.1, -0.05) is 25.0 Å². The summed E-state index contributed by atoms with van der Waals surface area (Å²) in [5, 5.41) is 11.4. The van der Waals surface area contributed by atoms with Crippen molar-refractivity contribution in [1.82, 2.24) is 14.5 Å². The van der Waals surface area contributed by atoms with E-state index in [1.165, 1.54) is 34.0 Å². The quantitative estimate of drug-likeness (QED) is 0.615. The summed E-state index contributed by atoms with van der Waals surface area (Å²) in [5.41, 5.74) is 0.377. The van der Waals surface area contributed by atoms with Crippen LogP contribution in [0.3, 0.4) is 0 Å². The predicted octanol–water partition coefficient (Wildman–Crippen LogP) is 3.86. The average molecular weight is 465 g/mol. The van der Waals surface area contributed by atoms with Crippen molar-refractivity contribution in [3.63, 3.8) is 0 Å². The number of hydrogen-bond acceptors (Lipinski definition) is 7. The molecular formula is C20H21FN4O4S2. The molecule has 0 unspecified atom stereocenters. The van der Waals surface area contributed by atoms with Crippen molar-refractivity contribution in [2.75, 3.05) is 18.4 Å². The van der Waals surface area contributed by atoms with Crippen LogP contribution < -0.4 is 5.32 Å². The van der Waals surface area contributed by atoms with Crippen LogP contribution in [0.25, 0.3) is 11.5 Å². The number of sulfonamides is 1. The molecule has 8 nitrogen and oxygen atoms in total. The number of carbonyl (C=O) groups excluding carboxylic acids is 1. The lowest BCUT2D eigenvalue weighted by atomic mass is 9.94. The molecule has 3 heterocycles. The molecule has 2 atom stereocenters. The van der Waals surface area contributed by atoms with Gasteiger partial charge in [0.2, 0.25) is 15.9 Å². The maximum absolute atomic E-state index is 13.4. The summed E-state index contributed by atoms with van der Waals surface area (Å²) >= 11 is 1.02. The first-order valence-electron chi connectivity index (χ1n) is 9.72. The molecule has 164 valence electrons. The Hall–Kier alpha value is -2.63. The summed E-state index contributed by atoms with van der Waals surface area (Å²) in [6.07, 6.45) is 0.991. The Labute approximate surface area is 183 Å². The van der Waals surface area contributed by atoms with Gasteiger partial charge >= 0.3 is 6.01 Å². The smallest absolute Gasteiger partial charge is 0.322 e. The van der Waals surface area contributed by atoms with E-state index < -0.39 is 21.7 Å². The lowest BCUT2D eigenvalue weighted by Gasteiger charge is -2.33. The SMILES string of the molecule is C[C@@H]1C[C@H](C)CN(S(=O)(=O)c2csc(C(=O)Nc3nnc(-c4cccc(F)c4)o3)c2)C1. The molecule has 1 aromatic carbocycles. The first-order valence-corrected chi connectivity index (χ1v) is 12.0. The van der Waals surface area contributed by atoms with Crippen molar-refractivity contribution in [2.45, 2.75) is 25.2 Å². The van der Waals surface area contributed by atoms with Crippen LogP contribution in [-0.2, 0) is 10.0 Å². The van der Waals surface area contributed by atoms with Gasteiger partial charge in [-0.15, -0.1) is 16.4 Å². The average Bonchev–Trinajstić information content (AvgIpc) is 3.37. The van der Waals surface area contributed by atoms with Crippen molar-refractivity contribution >= 4 is 33.3 Å². The van der Waals surface area contributed by atoms with Crippen molar-refractivity contribution in [2.24, 2.45) is 11.8 Å². The number of nitrogens with zero attached hydrogens (tertiary/aromatic N) is 3. The molecule has 1 N–H and O–H groups in total. The standard InChI is InChI=1S/C20H21FN4O4S2/c1-12-6-13(2)10-25(9-12)31(27,28)16-8-17(30-11-16)18(26)22-20-24-23-19(29-20)14-4-3-5-15(21)7-14/h3-5,7-8,11-13H,6,9-10H2,1-2H3,(H,22,24,26)/t12-,13+. The monoisotopic (exact) mass is 464 g/mol. The Balaban J connectivity index is 1.47. The molecule has 0 saturated carbocycles. The molecule has 3 aromatic rings. The summed E-state index contributed by atoms with van der Waals surface area (Å²) < 4.78 is 46.2. The van der Waals surface area contributed by atoms with E-state index in [1.807, 2.05) is 13.8 Å². The van der Waals surface area contributed by atoms with Gasteiger partial charge in [-0.25, -0.2) is 12.8 Å². The van der Waals surface area contributed by atoms with Crippen molar-refractivity contribution in [1.29, 1.82) is 0 Å². The van der Waals surface area contributed by atoms with E-state index in [0.29, 0.717) is 18.7 Å². The van der Waals surface area contributed by atoms with Crippen molar-refractivity contribution in [3.05, 3.63) is 46.4 Å². The number of piperidine rings is 1. The molecule has 11 heteroatoms. The van der Waals surface area contributed by atoms with Crippen LogP contribution in [0.15, 0.2) is 45.0 Å². The normalized spacial score (nSPS) is 20.0. The number of nitrogens with one attached hydrogen (secondary N) is 1. The number of benzene rings is 1. The molecule has 31 heavy (non-hydrogen) atoms. The van der Waals surface area contributed by atoms with E-state index in [-0.39, 0.29) is 33.5 Å². The van der Waals surface area contributed by atoms with Gasteiger partial charge in [0.15, 0.2) is 0 Å². The number of anilines is 1. The molecule has 0 bridgehead atoms. The lowest BCUT2D eigenvalue weighted by Crippen LogP contribution is -2.42. The molecule has 1 saturated heterocycles. The zero-order valence-electron chi connectivity index (χ0n) is 16.9. The Morgan fingerprint density at radius 3 is 2.68 bits per heavy atom. The molecule has 2 aromatic heterocycles. The molecule has 0 radical (unpaired) electrons.